The van der Waals surface area contributed by atoms with E-state index >= 15 is 0 Å². The minimum atomic E-state index is -1.35. The van der Waals surface area contributed by atoms with Crippen molar-refractivity contribution in [2.75, 3.05) is 13.2 Å². The summed E-state index contributed by atoms with van der Waals surface area (Å²) in [7, 11) is 0. The lowest BCUT2D eigenvalue weighted by atomic mass is 9.98. The van der Waals surface area contributed by atoms with E-state index in [1.165, 1.54) is 6.07 Å². The Morgan fingerprint density at radius 3 is 2.25 bits per heavy atom. The zero-order valence-corrected chi connectivity index (χ0v) is 17.2. The van der Waals surface area contributed by atoms with Crippen LogP contribution in [0.3, 0.4) is 0 Å². The van der Waals surface area contributed by atoms with Gasteiger partial charge in [-0.15, -0.1) is 0 Å². The first-order valence-electron chi connectivity index (χ1n) is 10.4. The van der Waals surface area contributed by atoms with Crippen molar-refractivity contribution < 1.29 is 29.2 Å². The number of amides is 1. The molecule has 6 nitrogen and oxygen atoms in total. The van der Waals surface area contributed by atoms with Crippen LogP contribution in [0.1, 0.15) is 35.1 Å². The standard InChI is InChI=1S/C25H24FNO5/c26-21-13-15(9-10-22(21)28)24(30)23(29)11-12-27-25(31)32-14-20-18-7-3-1-5-16(18)17-6-2-4-8-19(17)20/h1-10,13,20,23-24,28-30H,11-12,14H2,(H,27,31). The number of alkyl carbamates (subject to hydrolysis) is 1. The Morgan fingerprint density at radius 1 is 1.00 bits per heavy atom. The number of rotatable bonds is 7. The van der Waals surface area contributed by atoms with Gasteiger partial charge in [-0.25, -0.2) is 9.18 Å². The van der Waals surface area contributed by atoms with Crippen LogP contribution in [-0.4, -0.2) is 40.7 Å². The van der Waals surface area contributed by atoms with Crippen LogP contribution >= 0.6 is 0 Å². The summed E-state index contributed by atoms with van der Waals surface area (Å²) in [6.45, 7) is 0.243. The third-order valence-electron chi connectivity index (χ3n) is 5.73. The molecule has 0 bridgehead atoms. The molecule has 1 aliphatic rings. The first-order valence-corrected chi connectivity index (χ1v) is 10.4. The monoisotopic (exact) mass is 437 g/mol. The highest BCUT2D eigenvalue weighted by molar-refractivity contribution is 5.79. The molecule has 3 aromatic rings. The lowest BCUT2D eigenvalue weighted by molar-refractivity contribution is 0.0135. The van der Waals surface area contributed by atoms with Crippen molar-refractivity contribution in [3.8, 4) is 16.9 Å². The fourth-order valence-corrected chi connectivity index (χ4v) is 4.06. The number of hydrogen-bond acceptors (Lipinski definition) is 5. The van der Waals surface area contributed by atoms with E-state index in [0.717, 1.165) is 34.4 Å². The van der Waals surface area contributed by atoms with Gasteiger partial charge in [-0.3, -0.25) is 0 Å². The molecule has 0 fully saturated rings. The molecule has 2 unspecified atom stereocenters. The van der Waals surface area contributed by atoms with Gasteiger partial charge in [-0.05, 0) is 46.4 Å². The summed E-state index contributed by atoms with van der Waals surface area (Å²) in [5, 5.41) is 32.1. The molecule has 0 saturated heterocycles. The largest absolute Gasteiger partial charge is 0.505 e. The number of phenolic OH excluding ortho intramolecular Hbond substituents is 1. The smallest absolute Gasteiger partial charge is 0.407 e. The first kappa shape index (κ1) is 21.8. The number of fused-ring (bicyclic) bond motifs is 3. The van der Waals surface area contributed by atoms with Gasteiger partial charge < -0.3 is 25.4 Å². The van der Waals surface area contributed by atoms with Crippen molar-refractivity contribution in [1.82, 2.24) is 5.32 Å². The maximum Gasteiger partial charge on any atom is 0.407 e. The topological polar surface area (TPSA) is 99.0 Å². The normalized spacial score (nSPS) is 14.3. The van der Waals surface area contributed by atoms with Crippen LogP contribution < -0.4 is 5.32 Å². The number of nitrogens with one attached hydrogen (secondary N) is 1. The summed E-state index contributed by atoms with van der Waals surface area (Å²) in [6, 6.07) is 19.5. The van der Waals surface area contributed by atoms with Crippen molar-refractivity contribution in [3.05, 3.63) is 89.2 Å². The van der Waals surface area contributed by atoms with Gasteiger partial charge in [0.25, 0.3) is 0 Å². The van der Waals surface area contributed by atoms with Gasteiger partial charge in [0.2, 0.25) is 0 Å². The molecular weight excluding hydrogens is 413 g/mol. The molecule has 4 N–H and O–H groups in total. The number of aliphatic hydroxyl groups is 2. The lowest BCUT2D eigenvalue weighted by Crippen LogP contribution is -2.30. The molecule has 4 rings (SSSR count). The fraction of sp³-hybridized carbons (Fsp3) is 0.240. The maximum atomic E-state index is 13.4. The summed E-state index contributed by atoms with van der Waals surface area (Å²) in [4.78, 5) is 12.2. The summed E-state index contributed by atoms with van der Waals surface area (Å²) in [6.07, 6.45) is -3.17. The Labute approximate surface area is 184 Å². The number of carbonyl (C=O) groups excluding carboxylic acids is 1. The van der Waals surface area contributed by atoms with Crippen LogP contribution in [-0.2, 0) is 4.74 Å². The van der Waals surface area contributed by atoms with Crippen LogP contribution in [0.5, 0.6) is 5.75 Å². The van der Waals surface area contributed by atoms with Gasteiger partial charge in [-0.2, -0.15) is 0 Å². The van der Waals surface area contributed by atoms with Gasteiger partial charge in [0, 0.05) is 12.5 Å². The van der Waals surface area contributed by atoms with E-state index in [2.05, 4.69) is 17.4 Å². The second-order valence-electron chi connectivity index (χ2n) is 7.76. The van der Waals surface area contributed by atoms with E-state index in [-0.39, 0.29) is 31.1 Å². The van der Waals surface area contributed by atoms with E-state index < -0.39 is 29.9 Å². The van der Waals surface area contributed by atoms with Crippen molar-refractivity contribution >= 4 is 6.09 Å². The van der Waals surface area contributed by atoms with Crippen LogP contribution in [0.15, 0.2) is 66.7 Å². The summed E-state index contributed by atoms with van der Waals surface area (Å²) < 4.78 is 18.9. The van der Waals surface area contributed by atoms with E-state index in [0.29, 0.717) is 0 Å². The van der Waals surface area contributed by atoms with Crippen molar-refractivity contribution in [2.45, 2.75) is 24.5 Å². The van der Waals surface area contributed by atoms with E-state index in [1.54, 1.807) is 0 Å². The highest BCUT2D eigenvalue weighted by Gasteiger charge is 2.29. The summed E-state index contributed by atoms with van der Waals surface area (Å²) in [5.74, 6) is -1.47. The molecule has 0 spiro atoms. The van der Waals surface area contributed by atoms with Gasteiger partial charge in [0.1, 0.15) is 12.7 Å². The molecular formula is C25H24FNO5. The number of hydrogen-bond donors (Lipinski definition) is 4. The predicted molar refractivity (Wildman–Crippen MR) is 117 cm³/mol. The molecule has 0 radical (unpaired) electrons. The second kappa shape index (κ2) is 9.38. The van der Waals surface area contributed by atoms with E-state index in [1.807, 2.05) is 36.4 Å². The van der Waals surface area contributed by atoms with Crippen LogP contribution in [0.2, 0.25) is 0 Å². The lowest BCUT2D eigenvalue weighted by Gasteiger charge is -2.19. The number of ether oxygens (including phenoxy) is 1. The molecule has 7 heteroatoms. The predicted octanol–water partition coefficient (Wildman–Crippen LogP) is 3.85. The molecule has 1 aliphatic carbocycles. The van der Waals surface area contributed by atoms with Crippen LogP contribution in [0, 0.1) is 5.82 Å². The molecule has 1 amide bonds. The minimum Gasteiger partial charge on any atom is -0.505 e. The highest BCUT2D eigenvalue weighted by atomic mass is 19.1. The average molecular weight is 437 g/mol. The van der Waals surface area contributed by atoms with Crippen molar-refractivity contribution in [2.24, 2.45) is 0 Å². The number of benzene rings is 3. The SMILES string of the molecule is O=C(NCCC(O)C(O)c1ccc(O)c(F)c1)OCC1c2ccccc2-c2ccccc21. The Kier molecular flexibility index (Phi) is 6.39. The van der Waals surface area contributed by atoms with Crippen LogP contribution in [0.25, 0.3) is 11.1 Å². The molecule has 0 aliphatic heterocycles. The van der Waals surface area contributed by atoms with E-state index in [9.17, 15) is 24.5 Å². The maximum absolute atomic E-state index is 13.4. The summed E-state index contributed by atoms with van der Waals surface area (Å²) in [5.41, 5.74) is 4.64. The van der Waals surface area contributed by atoms with Crippen molar-refractivity contribution in [1.29, 1.82) is 0 Å². The summed E-state index contributed by atoms with van der Waals surface area (Å²) >= 11 is 0. The minimum absolute atomic E-state index is 0.0356. The molecule has 32 heavy (non-hydrogen) atoms. The number of phenols is 1. The molecule has 0 aromatic heterocycles. The third kappa shape index (κ3) is 4.44. The molecule has 2 atom stereocenters. The quantitative estimate of drug-likeness (QED) is 0.450. The third-order valence-corrected chi connectivity index (χ3v) is 5.73. The number of aliphatic hydroxyl groups excluding tert-OH is 2. The highest BCUT2D eigenvalue weighted by Crippen LogP contribution is 2.44. The Morgan fingerprint density at radius 2 is 1.62 bits per heavy atom. The van der Waals surface area contributed by atoms with E-state index in [4.69, 9.17) is 4.74 Å². The zero-order chi connectivity index (χ0) is 22.7. The number of aromatic hydroxyl groups is 1. The molecule has 0 heterocycles. The molecule has 166 valence electrons. The average Bonchev–Trinajstić information content (AvgIpc) is 3.12. The van der Waals surface area contributed by atoms with Gasteiger partial charge >= 0.3 is 6.09 Å². The molecule has 0 saturated carbocycles. The Bertz CT molecular complexity index is 1070. The number of halogens is 1. The second-order valence-corrected chi connectivity index (χ2v) is 7.76. The van der Waals surface area contributed by atoms with Crippen molar-refractivity contribution in [3.63, 3.8) is 0 Å². The van der Waals surface area contributed by atoms with Gasteiger partial charge in [0.05, 0.1) is 6.10 Å². The molecule has 3 aromatic carbocycles. The number of carbonyl (C=O) groups is 1. The van der Waals surface area contributed by atoms with Gasteiger partial charge in [0.15, 0.2) is 11.6 Å². The van der Waals surface area contributed by atoms with Crippen LogP contribution in [0.4, 0.5) is 9.18 Å². The van der Waals surface area contributed by atoms with Gasteiger partial charge in [-0.1, -0.05) is 54.6 Å². The first-order chi connectivity index (χ1) is 15.5. The Balaban J connectivity index is 1.28. The zero-order valence-electron chi connectivity index (χ0n) is 17.2. The fourth-order valence-electron chi connectivity index (χ4n) is 4.06. The Hall–Kier alpha value is -3.42.